The molecule has 13 heavy (non-hydrogen) atoms. The number of hydrogen-bond acceptors (Lipinski definition) is 5. The standard InChI is InChI=1S/C7H12O6/c1-11-2-3-12-5-13-7(10)4-6(8)9/h2-5H2,1H3,(H,8,9). The zero-order chi connectivity index (χ0) is 10.1. The summed E-state index contributed by atoms with van der Waals surface area (Å²) in [4.78, 5) is 20.6. The fourth-order valence-corrected chi connectivity index (χ4v) is 0.483. The van der Waals surface area contributed by atoms with Crippen molar-refractivity contribution in [3.05, 3.63) is 0 Å². The first kappa shape index (κ1) is 11.9. The molecule has 0 aromatic rings. The van der Waals surface area contributed by atoms with Crippen molar-refractivity contribution >= 4 is 11.9 Å². The number of hydrogen-bond donors (Lipinski definition) is 1. The summed E-state index contributed by atoms with van der Waals surface area (Å²) in [6.45, 7) is 0.461. The predicted molar refractivity (Wildman–Crippen MR) is 41.0 cm³/mol. The first-order chi connectivity index (χ1) is 6.16. The molecule has 0 aliphatic heterocycles. The van der Waals surface area contributed by atoms with Crippen LogP contribution in [-0.4, -0.2) is 44.2 Å². The summed E-state index contributed by atoms with van der Waals surface area (Å²) in [5.74, 6) is -2.04. The number of methoxy groups -OCH3 is 1. The zero-order valence-electron chi connectivity index (χ0n) is 7.32. The zero-order valence-corrected chi connectivity index (χ0v) is 7.32. The van der Waals surface area contributed by atoms with E-state index in [2.05, 4.69) is 9.47 Å². The summed E-state index contributed by atoms with van der Waals surface area (Å²) < 4.78 is 13.8. The number of carbonyl (C=O) groups is 2. The molecule has 0 aromatic heterocycles. The smallest absolute Gasteiger partial charge is 0.319 e. The molecule has 0 aromatic carbocycles. The molecule has 0 unspecified atom stereocenters. The minimum absolute atomic E-state index is 0.241. The van der Waals surface area contributed by atoms with Crippen molar-refractivity contribution in [1.82, 2.24) is 0 Å². The predicted octanol–water partition coefficient (Wildman–Crippen LogP) is -0.375. The Balaban J connectivity index is 3.22. The van der Waals surface area contributed by atoms with E-state index in [0.717, 1.165) is 0 Å². The fraction of sp³-hybridized carbons (Fsp3) is 0.714. The van der Waals surface area contributed by atoms with Gasteiger partial charge in [0.1, 0.15) is 6.42 Å². The highest BCUT2D eigenvalue weighted by Gasteiger charge is 2.07. The molecule has 0 radical (unpaired) electrons. The van der Waals surface area contributed by atoms with Crippen LogP contribution in [-0.2, 0) is 23.8 Å². The van der Waals surface area contributed by atoms with Crippen LogP contribution in [0.4, 0.5) is 0 Å². The summed E-state index contributed by atoms with van der Waals surface area (Å²) in [6, 6.07) is 0. The van der Waals surface area contributed by atoms with Crippen LogP contribution in [0, 0.1) is 0 Å². The van der Waals surface area contributed by atoms with Crippen LogP contribution in [0.5, 0.6) is 0 Å². The Hall–Kier alpha value is -1.14. The second-order valence-corrected chi connectivity index (χ2v) is 2.11. The highest BCUT2D eigenvalue weighted by molar-refractivity contribution is 5.89. The van der Waals surface area contributed by atoms with Gasteiger partial charge in [-0.05, 0) is 0 Å². The fourth-order valence-electron chi connectivity index (χ4n) is 0.483. The number of carbonyl (C=O) groups excluding carboxylic acids is 1. The minimum atomic E-state index is -1.22. The third-order valence-corrected chi connectivity index (χ3v) is 1.03. The SMILES string of the molecule is COCCOCOC(=O)CC(=O)O. The van der Waals surface area contributed by atoms with Gasteiger partial charge in [0, 0.05) is 7.11 Å². The topological polar surface area (TPSA) is 82.1 Å². The van der Waals surface area contributed by atoms with Gasteiger partial charge in [-0.3, -0.25) is 9.59 Å². The summed E-state index contributed by atoms with van der Waals surface area (Å²) in [7, 11) is 1.51. The van der Waals surface area contributed by atoms with E-state index in [4.69, 9.17) is 9.84 Å². The number of ether oxygens (including phenoxy) is 3. The van der Waals surface area contributed by atoms with Gasteiger partial charge in [0.25, 0.3) is 0 Å². The lowest BCUT2D eigenvalue weighted by Crippen LogP contribution is -2.14. The van der Waals surface area contributed by atoms with Crippen molar-refractivity contribution < 1.29 is 28.9 Å². The maximum atomic E-state index is 10.6. The molecule has 0 aliphatic carbocycles. The molecule has 0 rings (SSSR count). The maximum Gasteiger partial charge on any atom is 0.319 e. The number of rotatable bonds is 7. The van der Waals surface area contributed by atoms with Gasteiger partial charge in [0.15, 0.2) is 6.79 Å². The van der Waals surface area contributed by atoms with Crippen molar-refractivity contribution in [2.75, 3.05) is 27.1 Å². The van der Waals surface area contributed by atoms with Gasteiger partial charge in [0.05, 0.1) is 13.2 Å². The van der Waals surface area contributed by atoms with Gasteiger partial charge in [0.2, 0.25) is 0 Å². The Morgan fingerprint density at radius 3 is 2.54 bits per heavy atom. The first-order valence-corrected chi connectivity index (χ1v) is 3.61. The lowest BCUT2D eigenvalue weighted by molar-refractivity contribution is -0.161. The largest absolute Gasteiger partial charge is 0.481 e. The van der Waals surface area contributed by atoms with E-state index < -0.39 is 18.4 Å². The molecule has 0 fully saturated rings. The van der Waals surface area contributed by atoms with Crippen LogP contribution in [0.15, 0.2) is 0 Å². The summed E-state index contributed by atoms with van der Waals surface area (Å²) >= 11 is 0. The molecule has 0 heterocycles. The van der Waals surface area contributed by atoms with E-state index in [-0.39, 0.29) is 6.79 Å². The third-order valence-electron chi connectivity index (χ3n) is 1.03. The first-order valence-electron chi connectivity index (χ1n) is 3.61. The molecule has 1 N–H and O–H groups in total. The maximum absolute atomic E-state index is 10.6. The molecule has 0 atom stereocenters. The summed E-state index contributed by atoms with van der Waals surface area (Å²) in [6.07, 6.45) is -0.645. The highest BCUT2D eigenvalue weighted by Crippen LogP contribution is 1.87. The minimum Gasteiger partial charge on any atom is -0.481 e. The Morgan fingerprint density at radius 2 is 2.00 bits per heavy atom. The van der Waals surface area contributed by atoms with E-state index in [1.807, 2.05) is 0 Å². The van der Waals surface area contributed by atoms with Gasteiger partial charge >= 0.3 is 11.9 Å². The molecule has 6 heteroatoms. The quantitative estimate of drug-likeness (QED) is 0.256. The van der Waals surface area contributed by atoms with Crippen molar-refractivity contribution in [2.24, 2.45) is 0 Å². The van der Waals surface area contributed by atoms with Gasteiger partial charge in [-0.1, -0.05) is 0 Å². The lowest BCUT2D eigenvalue weighted by atomic mass is 10.4. The van der Waals surface area contributed by atoms with Crippen LogP contribution in [0.25, 0.3) is 0 Å². The summed E-state index contributed by atoms with van der Waals surface area (Å²) in [5, 5.41) is 8.16. The number of aliphatic carboxylic acids is 1. The third kappa shape index (κ3) is 8.77. The van der Waals surface area contributed by atoms with E-state index >= 15 is 0 Å². The molecule has 0 spiro atoms. The van der Waals surface area contributed by atoms with Crippen LogP contribution < -0.4 is 0 Å². The lowest BCUT2D eigenvalue weighted by Gasteiger charge is -2.03. The van der Waals surface area contributed by atoms with Crippen molar-refractivity contribution in [3.8, 4) is 0 Å². The monoisotopic (exact) mass is 192 g/mol. The van der Waals surface area contributed by atoms with Crippen LogP contribution in [0.1, 0.15) is 6.42 Å². The van der Waals surface area contributed by atoms with Crippen molar-refractivity contribution in [2.45, 2.75) is 6.42 Å². The Bertz CT molecular complexity index is 166. The molecule has 0 amide bonds. The molecule has 0 saturated carbocycles. The van der Waals surface area contributed by atoms with Gasteiger partial charge in [-0.2, -0.15) is 0 Å². The molecule has 0 aliphatic rings. The number of carboxylic acid groups (broad SMARTS) is 1. The molecular weight excluding hydrogens is 180 g/mol. The Labute approximate surface area is 75.4 Å². The van der Waals surface area contributed by atoms with Crippen LogP contribution in [0.2, 0.25) is 0 Å². The van der Waals surface area contributed by atoms with Crippen LogP contribution >= 0.6 is 0 Å². The normalized spacial score (nSPS) is 9.62. The van der Waals surface area contributed by atoms with Gasteiger partial charge in [-0.15, -0.1) is 0 Å². The van der Waals surface area contributed by atoms with E-state index in [1.165, 1.54) is 7.11 Å². The number of esters is 1. The van der Waals surface area contributed by atoms with Crippen LogP contribution in [0.3, 0.4) is 0 Å². The number of carboxylic acids is 1. The molecule has 0 bridgehead atoms. The van der Waals surface area contributed by atoms with E-state index in [0.29, 0.717) is 13.2 Å². The van der Waals surface area contributed by atoms with Crippen molar-refractivity contribution in [1.29, 1.82) is 0 Å². The van der Waals surface area contributed by atoms with E-state index in [1.54, 1.807) is 0 Å². The second-order valence-electron chi connectivity index (χ2n) is 2.11. The average molecular weight is 192 g/mol. The van der Waals surface area contributed by atoms with Gasteiger partial charge in [-0.25, -0.2) is 0 Å². The van der Waals surface area contributed by atoms with Crippen molar-refractivity contribution in [3.63, 3.8) is 0 Å². The van der Waals surface area contributed by atoms with Gasteiger partial charge < -0.3 is 19.3 Å². The molecule has 76 valence electrons. The average Bonchev–Trinajstić information content (AvgIpc) is 2.02. The molecule has 0 saturated heterocycles. The molecule has 6 nitrogen and oxygen atoms in total. The van der Waals surface area contributed by atoms with E-state index in [9.17, 15) is 9.59 Å². The Morgan fingerprint density at radius 1 is 1.31 bits per heavy atom. The highest BCUT2D eigenvalue weighted by atomic mass is 16.7. The second kappa shape index (κ2) is 7.51. The summed E-state index contributed by atoms with van der Waals surface area (Å²) in [5.41, 5.74) is 0. The Kier molecular flexibility index (Phi) is 6.85. The molecular formula is C7H12O6.